The number of hydrogen-bond acceptors (Lipinski definition) is 6. The van der Waals surface area contributed by atoms with E-state index in [2.05, 4.69) is 0 Å². The molecule has 140 valence electrons. The largest absolute Gasteiger partial charge is 0.477 e. The molecule has 7 heteroatoms. The molecule has 1 aromatic carbocycles. The van der Waals surface area contributed by atoms with E-state index in [1.54, 1.807) is 11.0 Å². The van der Waals surface area contributed by atoms with Crippen LogP contribution in [0.3, 0.4) is 0 Å². The minimum Gasteiger partial charge on any atom is -0.477 e. The molecule has 1 aromatic rings. The number of aliphatic hydroxyl groups is 1. The normalized spacial score (nSPS) is 34.8. The maximum atomic E-state index is 12.7. The number of hydrogen-bond donors (Lipinski definition) is 1. The van der Waals surface area contributed by atoms with Crippen LogP contribution in [0.4, 0.5) is 0 Å². The molecule has 4 aliphatic rings. The lowest BCUT2D eigenvalue weighted by molar-refractivity contribution is -0.165. The van der Waals surface area contributed by atoms with E-state index in [1.165, 1.54) is 26.0 Å². The standard InChI is InChI=1S/C20H19NO6/c1-10(22)21-8-7-19-16-12-3-4-14(26-11(2)23)17(16)27-18(19)13(24)5-6-20(19,25)15(21)9-12/h3-6,15,18,25H,7-9H2,1-2H3/t15-,18+,19+,20-/m1/s1. The monoisotopic (exact) mass is 369 g/mol. The van der Waals surface area contributed by atoms with E-state index in [9.17, 15) is 19.5 Å². The minimum absolute atomic E-state index is 0.107. The highest BCUT2D eigenvalue weighted by Crippen LogP contribution is 2.63. The number of ketones is 1. The van der Waals surface area contributed by atoms with Crippen molar-refractivity contribution in [2.45, 2.75) is 49.9 Å². The lowest BCUT2D eigenvalue weighted by Crippen LogP contribution is -2.75. The van der Waals surface area contributed by atoms with Crippen molar-refractivity contribution in [1.29, 1.82) is 0 Å². The molecule has 0 unspecified atom stereocenters. The molecule has 2 bridgehead atoms. The van der Waals surface area contributed by atoms with Crippen LogP contribution >= 0.6 is 0 Å². The van der Waals surface area contributed by atoms with Crippen molar-refractivity contribution in [3.63, 3.8) is 0 Å². The van der Waals surface area contributed by atoms with Gasteiger partial charge in [-0.15, -0.1) is 0 Å². The number of piperidine rings is 1. The molecule has 0 radical (unpaired) electrons. The van der Waals surface area contributed by atoms with Gasteiger partial charge in [0.25, 0.3) is 0 Å². The zero-order valence-corrected chi connectivity index (χ0v) is 15.0. The molecular formula is C20H19NO6. The van der Waals surface area contributed by atoms with Crippen molar-refractivity contribution in [3.8, 4) is 11.5 Å². The Labute approximate surface area is 155 Å². The second kappa shape index (κ2) is 4.98. The lowest BCUT2D eigenvalue weighted by atomic mass is 9.51. The van der Waals surface area contributed by atoms with Crippen molar-refractivity contribution in [2.24, 2.45) is 0 Å². The van der Waals surface area contributed by atoms with Gasteiger partial charge in [0.1, 0.15) is 5.60 Å². The molecule has 1 saturated heterocycles. The SMILES string of the molecule is CC(=O)Oc1ccc2c3c1O[C@H]1C(=O)C=C[C@@]4(O)[C@@H](C2)N(C(C)=O)CC[C@]314. The topological polar surface area (TPSA) is 93.1 Å². The maximum absolute atomic E-state index is 12.7. The maximum Gasteiger partial charge on any atom is 0.308 e. The molecule has 0 saturated carbocycles. The van der Waals surface area contributed by atoms with Gasteiger partial charge in [-0.25, -0.2) is 0 Å². The molecule has 2 aliphatic carbocycles. The molecule has 0 aromatic heterocycles. The van der Waals surface area contributed by atoms with E-state index in [0.717, 1.165) is 11.1 Å². The van der Waals surface area contributed by atoms with Gasteiger partial charge in [-0.05, 0) is 36.6 Å². The highest BCUT2D eigenvalue weighted by molar-refractivity contribution is 5.99. The van der Waals surface area contributed by atoms with Crippen molar-refractivity contribution < 1.29 is 29.0 Å². The summed E-state index contributed by atoms with van der Waals surface area (Å²) in [5, 5.41) is 11.8. The second-order valence-corrected chi connectivity index (χ2v) is 7.73. The van der Waals surface area contributed by atoms with Gasteiger partial charge in [-0.2, -0.15) is 0 Å². The first-order valence-electron chi connectivity index (χ1n) is 9.03. The molecule has 2 heterocycles. The van der Waals surface area contributed by atoms with Gasteiger partial charge < -0.3 is 19.5 Å². The molecule has 1 spiro atoms. The Hall–Kier alpha value is -2.67. The predicted octanol–water partition coefficient (Wildman–Crippen LogP) is 0.658. The average molecular weight is 369 g/mol. The second-order valence-electron chi connectivity index (χ2n) is 7.73. The van der Waals surface area contributed by atoms with Crippen molar-refractivity contribution in [3.05, 3.63) is 35.4 Å². The summed E-state index contributed by atoms with van der Waals surface area (Å²) in [6, 6.07) is 3.01. The number of ether oxygens (including phenoxy) is 2. The molecule has 4 atom stereocenters. The lowest BCUT2D eigenvalue weighted by Gasteiger charge is -2.60. The van der Waals surface area contributed by atoms with Crippen LogP contribution in [0.5, 0.6) is 11.5 Å². The van der Waals surface area contributed by atoms with E-state index in [4.69, 9.17) is 9.47 Å². The van der Waals surface area contributed by atoms with Gasteiger partial charge in [0, 0.05) is 26.0 Å². The Balaban J connectivity index is 1.80. The summed E-state index contributed by atoms with van der Waals surface area (Å²) in [6.07, 6.45) is 2.82. The molecule has 7 nitrogen and oxygen atoms in total. The Kier molecular flexibility index (Phi) is 3.04. The smallest absolute Gasteiger partial charge is 0.308 e. The fraction of sp³-hybridized carbons (Fsp3) is 0.450. The van der Waals surface area contributed by atoms with E-state index in [1.807, 2.05) is 6.07 Å². The number of rotatable bonds is 1. The number of carbonyl (C=O) groups excluding carboxylic acids is 3. The van der Waals surface area contributed by atoms with Gasteiger partial charge in [0.2, 0.25) is 5.91 Å². The van der Waals surface area contributed by atoms with E-state index < -0.39 is 29.1 Å². The fourth-order valence-corrected chi connectivity index (χ4v) is 5.53. The zero-order valence-electron chi connectivity index (χ0n) is 15.0. The van der Waals surface area contributed by atoms with Crippen LogP contribution in [0, 0.1) is 0 Å². The van der Waals surface area contributed by atoms with Crippen molar-refractivity contribution >= 4 is 17.7 Å². The molecule has 1 amide bonds. The Morgan fingerprint density at radius 1 is 1.33 bits per heavy atom. The van der Waals surface area contributed by atoms with Crippen molar-refractivity contribution in [1.82, 2.24) is 4.90 Å². The summed E-state index contributed by atoms with van der Waals surface area (Å²) in [7, 11) is 0. The summed E-state index contributed by atoms with van der Waals surface area (Å²) in [5.74, 6) is -0.204. The van der Waals surface area contributed by atoms with Crippen LogP contribution in [0.1, 0.15) is 31.4 Å². The number of likely N-dealkylation sites (tertiary alicyclic amines) is 1. The molecule has 5 rings (SSSR count). The summed E-state index contributed by atoms with van der Waals surface area (Å²) in [5.41, 5.74) is -0.741. The number of esters is 1. The zero-order chi connectivity index (χ0) is 19.1. The molecular weight excluding hydrogens is 350 g/mol. The molecule has 2 aliphatic heterocycles. The first-order valence-corrected chi connectivity index (χ1v) is 9.03. The predicted molar refractivity (Wildman–Crippen MR) is 92.4 cm³/mol. The summed E-state index contributed by atoms with van der Waals surface area (Å²) < 4.78 is 11.3. The molecule has 27 heavy (non-hydrogen) atoms. The Morgan fingerprint density at radius 2 is 2.11 bits per heavy atom. The van der Waals surface area contributed by atoms with Crippen molar-refractivity contribution in [2.75, 3.05) is 6.54 Å². The van der Waals surface area contributed by atoms with Crippen LogP contribution in [0.25, 0.3) is 0 Å². The van der Waals surface area contributed by atoms with Gasteiger partial charge in [-0.3, -0.25) is 14.4 Å². The average Bonchev–Trinajstić information content (AvgIpc) is 2.94. The number of nitrogens with zero attached hydrogens (tertiary/aromatic N) is 1. The highest BCUT2D eigenvalue weighted by Gasteiger charge is 2.72. The Morgan fingerprint density at radius 3 is 2.81 bits per heavy atom. The Bertz CT molecular complexity index is 952. The third-order valence-electron chi connectivity index (χ3n) is 6.51. The molecule has 1 fully saturated rings. The molecule has 1 N–H and O–H groups in total. The van der Waals surface area contributed by atoms with Crippen LogP contribution in [0.2, 0.25) is 0 Å². The van der Waals surface area contributed by atoms with Crippen LogP contribution in [-0.2, 0) is 26.2 Å². The summed E-state index contributed by atoms with van der Waals surface area (Å²) >= 11 is 0. The van der Waals surface area contributed by atoms with E-state index >= 15 is 0 Å². The summed E-state index contributed by atoms with van der Waals surface area (Å²) in [6.45, 7) is 3.23. The fourth-order valence-electron chi connectivity index (χ4n) is 5.53. The first kappa shape index (κ1) is 16.5. The van der Waals surface area contributed by atoms with Crippen LogP contribution in [-0.4, -0.2) is 52.0 Å². The summed E-state index contributed by atoms with van der Waals surface area (Å²) in [4.78, 5) is 38.1. The van der Waals surface area contributed by atoms with Crippen LogP contribution in [0.15, 0.2) is 24.3 Å². The van der Waals surface area contributed by atoms with E-state index in [-0.39, 0.29) is 17.4 Å². The van der Waals surface area contributed by atoms with Gasteiger partial charge in [0.15, 0.2) is 23.4 Å². The first-order chi connectivity index (χ1) is 12.8. The van der Waals surface area contributed by atoms with Gasteiger partial charge in [0.05, 0.1) is 11.5 Å². The van der Waals surface area contributed by atoms with E-state index in [0.29, 0.717) is 25.1 Å². The highest BCUT2D eigenvalue weighted by atomic mass is 16.6. The minimum atomic E-state index is -1.41. The van der Waals surface area contributed by atoms with Gasteiger partial charge in [-0.1, -0.05) is 6.07 Å². The van der Waals surface area contributed by atoms with Crippen LogP contribution < -0.4 is 9.47 Å². The number of carbonyl (C=O) groups is 3. The number of amides is 1. The quantitative estimate of drug-likeness (QED) is 0.577. The third kappa shape index (κ3) is 1.78. The third-order valence-corrected chi connectivity index (χ3v) is 6.51. The van der Waals surface area contributed by atoms with Gasteiger partial charge >= 0.3 is 5.97 Å². The number of benzene rings is 1.